The van der Waals surface area contributed by atoms with Gasteiger partial charge >= 0.3 is 0 Å². The lowest BCUT2D eigenvalue weighted by Gasteiger charge is -2.15. The van der Waals surface area contributed by atoms with Crippen molar-refractivity contribution in [1.29, 1.82) is 0 Å². The Morgan fingerprint density at radius 3 is 2.52 bits per heavy atom. The summed E-state index contributed by atoms with van der Waals surface area (Å²) in [5.41, 5.74) is 0.453. The van der Waals surface area contributed by atoms with E-state index in [0.29, 0.717) is 11.4 Å². The Hall–Kier alpha value is -1.89. The third-order valence-electron chi connectivity index (χ3n) is 2.92. The molecule has 0 aliphatic heterocycles. The number of rotatable bonds is 5. The maximum atomic E-state index is 11.8. The van der Waals surface area contributed by atoms with Gasteiger partial charge in [0.05, 0.1) is 5.02 Å². The number of benzene rings is 1. The normalized spacial score (nSPS) is 12.1. The van der Waals surface area contributed by atoms with Gasteiger partial charge in [-0.15, -0.1) is 10.2 Å². The Labute approximate surface area is 143 Å². The zero-order valence-corrected chi connectivity index (χ0v) is 14.0. The Bertz CT molecular complexity index is 693. The van der Waals surface area contributed by atoms with E-state index >= 15 is 0 Å². The van der Waals surface area contributed by atoms with Gasteiger partial charge in [-0.3, -0.25) is 4.79 Å². The van der Waals surface area contributed by atoms with Gasteiger partial charge in [-0.2, -0.15) is 0 Å². The molecule has 122 valence electrons. The summed E-state index contributed by atoms with van der Waals surface area (Å²) in [4.78, 5) is 11.8. The van der Waals surface area contributed by atoms with Crippen molar-refractivity contribution in [2.45, 2.75) is 20.0 Å². The van der Waals surface area contributed by atoms with Crippen molar-refractivity contribution in [3.8, 4) is 11.6 Å². The van der Waals surface area contributed by atoms with Gasteiger partial charge in [0.15, 0.2) is 5.15 Å². The minimum Gasteiger partial charge on any atom is -0.436 e. The Kier molecular flexibility index (Phi) is 5.76. The Morgan fingerprint density at radius 2 is 1.96 bits per heavy atom. The second kappa shape index (κ2) is 7.59. The fraction of sp³-hybridized carbons (Fsp3) is 0.267. The topological polar surface area (TPSA) is 84.3 Å². The van der Waals surface area contributed by atoms with Crippen LogP contribution < -0.4 is 10.1 Å². The highest BCUT2D eigenvalue weighted by Gasteiger charge is 2.19. The molecule has 0 unspecified atom stereocenters. The summed E-state index contributed by atoms with van der Waals surface area (Å²) in [6.07, 6.45) is -1.09. The molecule has 0 aliphatic rings. The molecule has 1 heterocycles. The standard InChI is InChI=1S/C15H15Cl2N3O3/c1-8(2)14(21)15(22)18-9-3-4-11(10(16)7-9)23-13-6-5-12(17)19-20-13/h3-8,14,21H,1-2H3,(H,18,22)/t14-/m0/s1. The van der Waals surface area contributed by atoms with Crippen LogP contribution in [0, 0.1) is 5.92 Å². The molecule has 0 bridgehead atoms. The molecular weight excluding hydrogens is 341 g/mol. The minimum atomic E-state index is -1.09. The van der Waals surface area contributed by atoms with Gasteiger partial charge in [-0.25, -0.2) is 0 Å². The second-order valence-corrected chi connectivity index (χ2v) is 5.91. The molecule has 2 N–H and O–H groups in total. The van der Waals surface area contributed by atoms with E-state index in [4.69, 9.17) is 27.9 Å². The van der Waals surface area contributed by atoms with Crippen molar-refractivity contribution in [3.63, 3.8) is 0 Å². The fourth-order valence-corrected chi connectivity index (χ4v) is 1.97. The number of aromatic nitrogens is 2. The van der Waals surface area contributed by atoms with E-state index in [1.165, 1.54) is 6.07 Å². The molecule has 1 atom stereocenters. The molecule has 0 spiro atoms. The summed E-state index contributed by atoms with van der Waals surface area (Å²) >= 11 is 11.8. The molecule has 6 nitrogen and oxygen atoms in total. The predicted molar refractivity (Wildman–Crippen MR) is 88.0 cm³/mol. The number of carbonyl (C=O) groups is 1. The van der Waals surface area contributed by atoms with E-state index in [1.54, 1.807) is 38.1 Å². The SMILES string of the molecule is CC(C)[C@H](O)C(=O)Nc1ccc(Oc2ccc(Cl)nn2)c(Cl)c1. The number of anilines is 1. The van der Waals surface area contributed by atoms with E-state index in [2.05, 4.69) is 15.5 Å². The van der Waals surface area contributed by atoms with Gasteiger partial charge in [0.2, 0.25) is 5.88 Å². The van der Waals surface area contributed by atoms with Crippen LogP contribution in [0.3, 0.4) is 0 Å². The molecule has 2 rings (SSSR count). The molecule has 0 saturated heterocycles. The number of hydrogen-bond donors (Lipinski definition) is 2. The van der Waals surface area contributed by atoms with E-state index in [9.17, 15) is 9.90 Å². The number of halogens is 2. The van der Waals surface area contributed by atoms with E-state index in [-0.39, 0.29) is 22.0 Å². The molecule has 23 heavy (non-hydrogen) atoms. The molecule has 1 aromatic heterocycles. The highest BCUT2D eigenvalue weighted by Crippen LogP contribution is 2.31. The van der Waals surface area contributed by atoms with Crippen LogP contribution in [0.2, 0.25) is 10.2 Å². The number of aliphatic hydroxyl groups is 1. The average Bonchev–Trinajstić information content (AvgIpc) is 2.51. The Balaban J connectivity index is 2.08. The van der Waals surface area contributed by atoms with Crippen LogP contribution in [-0.4, -0.2) is 27.3 Å². The van der Waals surface area contributed by atoms with Crippen LogP contribution in [0.1, 0.15) is 13.8 Å². The number of aliphatic hydroxyl groups excluding tert-OH is 1. The number of ether oxygens (including phenoxy) is 1. The molecule has 1 amide bonds. The highest BCUT2D eigenvalue weighted by molar-refractivity contribution is 6.32. The van der Waals surface area contributed by atoms with Crippen LogP contribution >= 0.6 is 23.2 Å². The highest BCUT2D eigenvalue weighted by atomic mass is 35.5. The largest absolute Gasteiger partial charge is 0.436 e. The first-order valence-electron chi connectivity index (χ1n) is 6.82. The second-order valence-electron chi connectivity index (χ2n) is 5.12. The third-order valence-corrected chi connectivity index (χ3v) is 3.42. The van der Waals surface area contributed by atoms with E-state index in [0.717, 1.165) is 0 Å². The van der Waals surface area contributed by atoms with Gasteiger partial charge in [0.1, 0.15) is 11.9 Å². The lowest BCUT2D eigenvalue weighted by molar-refractivity contribution is -0.125. The minimum absolute atomic E-state index is 0.184. The van der Waals surface area contributed by atoms with Crippen LogP contribution in [-0.2, 0) is 4.79 Å². The maximum absolute atomic E-state index is 11.8. The van der Waals surface area contributed by atoms with Crippen LogP contribution in [0.5, 0.6) is 11.6 Å². The fourth-order valence-electron chi connectivity index (χ4n) is 1.65. The van der Waals surface area contributed by atoms with E-state index in [1.807, 2.05) is 0 Å². The summed E-state index contributed by atoms with van der Waals surface area (Å²) < 4.78 is 5.48. The number of nitrogens with one attached hydrogen (secondary N) is 1. The van der Waals surface area contributed by atoms with E-state index < -0.39 is 12.0 Å². The zero-order chi connectivity index (χ0) is 17.0. The molecule has 0 radical (unpaired) electrons. The maximum Gasteiger partial charge on any atom is 0.253 e. The molecule has 0 fully saturated rings. The Morgan fingerprint density at radius 1 is 1.22 bits per heavy atom. The van der Waals surface area contributed by atoms with Crippen molar-refractivity contribution in [2.24, 2.45) is 5.92 Å². The van der Waals surface area contributed by atoms with Crippen molar-refractivity contribution < 1.29 is 14.6 Å². The number of amides is 1. The average molecular weight is 356 g/mol. The van der Waals surface area contributed by atoms with Gasteiger partial charge in [-0.05, 0) is 30.2 Å². The summed E-state index contributed by atoms with van der Waals surface area (Å²) in [5, 5.41) is 20.2. The van der Waals surface area contributed by atoms with Gasteiger partial charge < -0.3 is 15.2 Å². The van der Waals surface area contributed by atoms with Crippen LogP contribution in [0.4, 0.5) is 5.69 Å². The summed E-state index contributed by atoms with van der Waals surface area (Å²) in [7, 11) is 0. The number of hydrogen-bond acceptors (Lipinski definition) is 5. The van der Waals surface area contributed by atoms with Crippen LogP contribution in [0.15, 0.2) is 30.3 Å². The monoisotopic (exact) mass is 355 g/mol. The van der Waals surface area contributed by atoms with Crippen LogP contribution in [0.25, 0.3) is 0 Å². The summed E-state index contributed by atoms with van der Waals surface area (Å²) in [6.45, 7) is 3.50. The van der Waals surface area contributed by atoms with Crippen molar-refractivity contribution in [3.05, 3.63) is 40.5 Å². The van der Waals surface area contributed by atoms with Gasteiger partial charge in [0, 0.05) is 11.8 Å². The molecule has 8 heteroatoms. The van der Waals surface area contributed by atoms with Crippen molar-refractivity contribution in [1.82, 2.24) is 10.2 Å². The smallest absolute Gasteiger partial charge is 0.253 e. The molecule has 1 aromatic carbocycles. The number of nitrogens with zero attached hydrogens (tertiary/aromatic N) is 2. The van der Waals surface area contributed by atoms with Gasteiger partial charge in [-0.1, -0.05) is 37.0 Å². The lowest BCUT2D eigenvalue weighted by atomic mass is 10.1. The van der Waals surface area contributed by atoms with Gasteiger partial charge in [0.25, 0.3) is 5.91 Å². The lowest BCUT2D eigenvalue weighted by Crippen LogP contribution is -2.31. The first-order valence-corrected chi connectivity index (χ1v) is 7.58. The number of carbonyl (C=O) groups excluding carboxylic acids is 1. The molecule has 0 aliphatic carbocycles. The first-order chi connectivity index (χ1) is 10.9. The zero-order valence-electron chi connectivity index (χ0n) is 12.5. The molecule has 2 aromatic rings. The first kappa shape index (κ1) is 17.5. The third kappa shape index (κ3) is 4.79. The summed E-state index contributed by atoms with van der Waals surface area (Å²) in [6, 6.07) is 7.80. The molecular formula is C15H15Cl2N3O3. The van der Waals surface area contributed by atoms with Crippen molar-refractivity contribution in [2.75, 3.05) is 5.32 Å². The quantitative estimate of drug-likeness (QED) is 0.856. The summed E-state index contributed by atoms with van der Waals surface area (Å²) in [5.74, 6) is -0.0844. The predicted octanol–water partition coefficient (Wildman–Crippen LogP) is 3.53. The molecule has 0 saturated carbocycles. The van der Waals surface area contributed by atoms with Crippen molar-refractivity contribution >= 4 is 34.8 Å².